The Hall–Kier alpha value is -3.39. The first kappa shape index (κ1) is 19.9. The molecule has 2 aromatic heterocycles. The maximum Gasteiger partial charge on any atom is 0.232 e. The van der Waals surface area contributed by atoms with Crippen molar-refractivity contribution in [1.29, 1.82) is 0 Å². The molecule has 1 aliphatic rings. The average Bonchev–Trinajstić information content (AvgIpc) is 3.24. The summed E-state index contributed by atoms with van der Waals surface area (Å²) in [6, 6.07) is 8.39. The number of aromatic nitrogens is 3. The minimum Gasteiger partial charge on any atom is -0.464 e. The molecule has 0 atom stereocenters. The number of fused-ring (bicyclic) bond motifs is 1. The number of rotatable bonds is 9. The highest BCUT2D eigenvalue weighted by Gasteiger charge is 2.20. The molecular formula is C22H27N7O. The molecule has 3 aromatic rings. The standard InChI is InChI=1S/C22H27N7O/c1-3-8-23-20-25-21(24-9-4-2)27-22(26-20)29-12-10-28(11-13-29)16-17-5-6-19-18(15-17)7-14-30-19/h3-7,14-15H,1-2,8-13,16H2,(H2,23,24,25,26,27). The molecule has 8 heteroatoms. The zero-order valence-electron chi connectivity index (χ0n) is 17.0. The van der Waals surface area contributed by atoms with Crippen molar-refractivity contribution in [3.05, 3.63) is 61.4 Å². The molecule has 1 fully saturated rings. The first-order valence-electron chi connectivity index (χ1n) is 10.1. The summed E-state index contributed by atoms with van der Waals surface area (Å²) in [4.78, 5) is 18.2. The summed E-state index contributed by atoms with van der Waals surface area (Å²) in [5.74, 6) is 1.77. The number of hydrogen-bond donors (Lipinski definition) is 2. The summed E-state index contributed by atoms with van der Waals surface area (Å²) in [6.45, 7) is 13.2. The number of furan rings is 1. The Bertz CT molecular complexity index is 977. The molecule has 8 nitrogen and oxygen atoms in total. The average molecular weight is 406 g/mol. The van der Waals surface area contributed by atoms with E-state index in [1.54, 1.807) is 18.4 Å². The van der Waals surface area contributed by atoms with Gasteiger partial charge in [0, 0.05) is 51.2 Å². The van der Waals surface area contributed by atoms with Gasteiger partial charge >= 0.3 is 0 Å². The van der Waals surface area contributed by atoms with Gasteiger partial charge < -0.3 is 20.0 Å². The highest BCUT2D eigenvalue weighted by molar-refractivity contribution is 5.77. The van der Waals surface area contributed by atoms with Crippen molar-refractivity contribution in [2.45, 2.75) is 6.54 Å². The SMILES string of the molecule is C=CCNc1nc(NCC=C)nc(N2CCN(Cc3ccc4occc4c3)CC2)n1. The summed E-state index contributed by atoms with van der Waals surface area (Å²) in [5, 5.41) is 7.46. The minimum absolute atomic E-state index is 0.544. The molecular weight excluding hydrogens is 378 g/mol. The quantitative estimate of drug-likeness (QED) is 0.526. The molecule has 3 heterocycles. The lowest BCUT2D eigenvalue weighted by Crippen LogP contribution is -2.46. The summed E-state index contributed by atoms with van der Waals surface area (Å²) in [6.07, 6.45) is 5.29. The Morgan fingerprint density at radius 1 is 0.933 bits per heavy atom. The van der Waals surface area contributed by atoms with Gasteiger partial charge in [-0.05, 0) is 23.8 Å². The van der Waals surface area contributed by atoms with E-state index in [-0.39, 0.29) is 0 Å². The van der Waals surface area contributed by atoms with Crippen LogP contribution in [0, 0.1) is 0 Å². The minimum atomic E-state index is 0.544. The van der Waals surface area contributed by atoms with E-state index in [4.69, 9.17) is 4.42 Å². The lowest BCUT2D eigenvalue weighted by molar-refractivity contribution is 0.249. The molecule has 1 saturated heterocycles. The van der Waals surface area contributed by atoms with Crippen molar-refractivity contribution >= 4 is 28.8 Å². The van der Waals surface area contributed by atoms with Crippen molar-refractivity contribution in [3.8, 4) is 0 Å². The summed E-state index contributed by atoms with van der Waals surface area (Å²) in [5.41, 5.74) is 2.23. The summed E-state index contributed by atoms with van der Waals surface area (Å²) >= 11 is 0. The normalized spacial score (nSPS) is 14.6. The third kappa shape index (κ3) is 4.77. The van der Waals surface area contributed by atoms with E-state index < -0.39 is 0 Å². The Balaban J connectivity index is 1.40. The molecule has 2 N–H and O–H groups in total. The zero-order chi connectivity index (χ0) is 20.8. The van der Waals surface area contributed by atoms with Crippen LogP contribution < -0.4 is 15.5 Å². The van der Waals surface area contributed by atoms with Crippen LogP contribution in [0.5, 0.6) is 0 Å². The van der Waals surface area contributed by atoms with Gasteiger partial charge in [-0.3, -0.25) is 4.90 Å². The highest BCUT2D eigenvalue weighted by atomic mass is 16.3. The number of hydrogen-bond acceptors (Lipinski definition) is 8. The van der Waals surface area contributed by atoms with E-state index >= 15 is 0 Å². The van der Waals surface area contributed by atoms with Gasteiger partial charge in [0.1, 0.15) is 5.58 Å². The number of piperazine rings is 1. The van der Waals surface area contributed by atoms with Gasteiger partial charge in [-0.25, -0.2) is 0 Å². The smallest absolute Gasteiger partial charge is 0.232 e. The fraction of sp³-hybridized carbons (Fsp3) is 0.318. The first-order chi connectivity index (χ1) is 14.7. The molecule has 4 rings (SSSR count). The zero-order valence-corrected chi connectivity index (χ0v) is 17.0. The lowest BCUT2D eigenvalue weighted by Gasteiger charge is -2.34. The molecule has 1 aliphatic heterocycles. The monoisotopic (exact) mass is 405 g/mol. The fourth-order valence-corrected chi connectivity index (χ4v) is 3.47. The van der Waals surface area contributed by atoms with Crippen LogP contribution in [0.1, 0.15) is 5.56 Å². The van der Waals surface area contributed by atoms with Crippen LogP contribution in [0.15, 0.2) is 60.3 Å². The third-order valence-corrected chi connectivity index (χ3v) is 5.01. The number of nitrogens with zero attached hydrogens (tertiary/aromatic N) is 5. The van der Waals surface area contributed by atoms with Crippen LogP contribution in [-0.2, 0) is 6.54 Å². The maximum atomic E-state index is 5.43. The molecule has 0 saturated carbocycles. The molecule has 0 aliphatic carbocycles. The second-order valence-electron chi connectivity index (χ2n) is 7.18. The third-order valence-electron chi connectivity index (χ3n) is 5.01. The Kier molecular flexibility index (Phi) is 6.24. The summed E-state index contributed by atoms with van der Waals surface area (Å²) < 4.78 is 5.43. The van der Waals surface area contributed by atoms with Crippen molar-refractivity contribution in [1.82, 2.24) is 19.9 Å². The molecule has 0 amide bonds. The van der Waals surface area contributed by atoms with Crippen LogP contribution in [0.3, 0.4) is 0 Å². The van der Waals surface area contributed by atoms with Crippen molar-refractivity contribution in [2.75, 3.05) is 54.8 Å². The van der Waals surface area contributed by atoms with E-state index in [1.165, 1.54) is 5.56 Å². The first-order valence-corrected chi connectivity index (χ1v) is 10.1. The molecule has 0 spiro atoms. The Morgan fingerprint density at radius 2 is 1.63 bits per heavy atom. The molecule has 0 radical (unpaired) electrons. The van der Waals surface area contributed by atoms with Gasteiger partial charge in [0.15, 0.2) is 0 Å². The number of anilines is 3. The van der Waals surface area contributed by atoms with Crippen LogP contribution in [0.2, 0.25) is 0 Å². The lowest BCUT2D eigenvalue weighted by atomic mass is 10.1. The van der Waals surface area contributed by atoms with Gasteiger partial charge in [0.2, 0.25) is 17.8 Å². The van der Waals surface area contributed by atoms with Gasteiger partial charge in [0.25, 0.3) is 0 Å². The van der Waals surface area contributed by atoms with E-state index in [1.807, 2.05) is 12.1 Å². The number of benzene rings is 1. The van der Waals surface area contributed by atoms with Crippen molar-refractivity contribution in [3.63, 3.8) is 0 Å². The van der Waals surface area contributed by atoms with Crippen LogP contribution >= 0.6 is 0 Å². The van der Waals surface area contributed by atoms with Gasteiger partial charge in [-0.1, -0.05) is 18.2 Å². The van der Waals surface area contributed by atoms with Crippen molar-refractivity contribution in [2.24, 2.45) is 0 Å². The molecule has 1 aromatic carbocycles. The topological polar surface area (TPSA) is 82.4 Å². The fourth-order valence-electron chi connectivity index (χ4n) is 3.47. The second kappa shape index (κ2) is 9.41. The second-order valence-corrected chi connectivity index (χ2v) is 7.18. The van der Waals surface area contributed by atoms with Crippen LogP contribution in [0.4, 0.5) is 17.8 Å². The predicted molar refractivity (Wildman–Crippen MR) is 121 cm³/mol. The Morgan fingerprint density at radius 3 is 2.30 bits per heavy atom. The van der Waals surface area contributed by atoms with Gasteiger partial charge in [-0.15, -0.1) is 13.2 Å². The van der Waals surface area contributed by atoms with Gasteiger partial charge in [-0.2, -0.15) is 15.0 Å². The van der Waals surface area contributed by atoms with Gasteiger partial charge in [0.05, 0.1) is 6.26 Å². The molecule has 30 heavy (non-hydrogen) atoms. The van der Waals surface area contributed by atoms with Crippen LogP contribution in [-0.4, -0.2) is 59.1 Å². The van der Waals surface area contributed by atoms with Crippen LogP contribution in [0.25, 0.3) is 11.0 Å². The summed E-state index contributed by atoms with van der Waals surface area (Å²) in [7, 11) is 0. The maximum absolute atomic E-state index is 5.43. The molecule has 0 bridgehead atoms. The van der Waals surface area contributed by atoms with E-state index in [2.05, 4.69) is 60.7 Å². The largest absolute Gasteiger partial charge is 0.464 e. The van der Waals surface area contributed by atoms with E-state index in [0.717, 1.165) is 43.7 Å². The Labute approximate surface area is 176 Å². The predicted octanol–water partition coefficient (Wildman–Crippen LogP) is 3.14. The van der Waals surface area contributed by atoms with Crippen molar-refractivity contribution < 1.29 is 4.42 Å². The molecule has 156 valence electrons. The number of nitrogens with one attached hydrogen (secondary N) is 2. The van der Waals surface area contributed by atoms with E-state index in [0.29, 0.717) is 30.9 Å². The highest BCUT2D eigenvalue weighted by Crippen LogP contribution is 2.20. The van der Waals surface area contributed by atoms with E-state index in [9.17, 15) is 0 Å². The molecule has 0 unspecified atom stereocenters.